The summed E-state index contributed by atoms with van der Waals surface area (Å²) in [6.45, 7) is 10.2. The average Bonchev–Trinajstić information content (AvgIpc) is 2.43. The summed E-state index contributed by atoms with van der Waals surface area (Å²) in [4.78, 5) is 14.7. The summed E-state index contributed by atoms with van der Waals surface area (Å²) in [7, 11) is 0. The highest BCUT2D eigenvalue weighted by Gasteiger charge is 2.32. The summed E-state index contributed by atoms with van der Waals surface area (Å²) in [5.74, 6) is 0.915. The molecule has 1 atom stereocenters. The minimum Gasteiger partial charge on any atom is -0.481 e. The van der Waals surface area contributed by atoms with E-state index in [9.17, 15) is 4.79 Å². The number of amides is 1. The lowest BCUT2D eigenvalue weighted by Gasteiger charge is -2.39. The Hall–Kier alpha value is -1.51. The number of carbonyl (C=O) groups is 1. The summed E-state index contributed by atoms with van der Waals surface area (Å²) in [5.41, 5.74) is 1.36. The van der Waals surface area contributed by atoms with Crippen molar-refractivity contribution in [2.45, 2.75) is 53.1 Å². The molecule has 1 unspecified atom stereocenters. The standard InChI is InChI=1S/C18H27NO2/c1-5-16(21-15-9-6-8-14(2)12-15)17(20)19-11-7-10-18(3,4)13-19/h6,8-9,12,16H,5,7,10-11,13H2,1-4H3. The van der Waals surface area contributed by atoms with Crippen LogP contribution in [0.15, 0.2) is 24.3 Å². The average molecular weight is 289 g/mol. The van der Waals surface area contributed by atoms with Crippen molar-refractivity contribution in [2.24, 2.45) is 5.41 Å². The van der Waals surface area contributed by atoms with Gasteiger partial charge < -0.3 is 9.64 Å². The number of benzene rings is 1. The first-order valence-electron chi connectivity index (χ1n) is 7.93. The van der Waals surface area contributed by atoms with Gasteiger partial charge in [-0.2, -0.15) is 0 Å². The van der Waals surface area contributed by atoms with Gasteiger partial charge in [0.15, 0.2) is 6.10 Å². The maximum Gasteiger partial charge on any atom is 0.263 e. The van der Waals surface area contributed by atoms with Crippen LogP contribution in [0.2, 0.25) is 0 Å². The van der Waals surface area contributed by atoms with Crippen molar-refractivity contribution >= 4 is 5.91 Å². The number of carbonyl (C=O) groups excluding carboxylic acids is 1. The second kappa shape index (κ2) is 6.50. The van der Waals surface area contributed by atoms with Crippen molar-refractivity contribution < 1.29 is 9.53 Å². The second-order valence-electron chi connectivity index (χ2n) is 6.86. The third-order valence-electron chi connectivity index (χ3n) is 4.13. The maximum atomic E-state index is 12.7. The molecule has 0 radical (unpaired) electrons. The first-order chi connectivity index (χ1) is 9.91. The zero-order chi connectivity index (χ0) is 15.5. The Bertz CT molecular complexity index is 496. The quantitative estimate of drug-likeness (QED) is 0.843. The van der Waals surface area contributed by atoms with Crippen molar-refractivity contribution in [3.63, 3.8) is 0 Å². The second-order valence-corrected chi connectivity index (χ2v) is 6.86. The van der Waals surface area contributed by atoms with E-state index in [1.807, 2.05) is 43.0 Å². The molecule has 0 aromatic heterocycles. The third kappa shape index (κ3) is 4.23. The number of rotatable bonds is 4. The molecule has 3 nitrogen and oxygen atoms in total. The van der Waals surface area contributed by atoms with E-state index >= 15 is 0 Å². The van der Waals surface area contributed by atoms with E-state index in [2.05, 4.69) is 13.8 Å². The lowest BCUT2D eigenvalue weighted by molar-refractivity contribution is -0.142. The molecule has 1 aromatic carbocycles. The first kappa shape index (κ1) is 15.9. The van der Waals surface area contributed by atoms with Gasteiger partial charge in [0.1, 0.15) is 5.75 Å². The molecule has 0 aliphatic carbocycles. The van der Waals surface area contributed by atoms with Crippen LogP contribution in [0.25, 0.3) is 0 Å². The molecule has 1 saturated heterocycles. The highest BCUT2D eigenvalue weighted by molar-refractivity contribution is 5.81. The lowest BCUT2D eigenvalue weighted by atomic mass is 9.84. The fraction of sp³-hybridized carbons (Fsp3) is 0.611. The Balaban J connectivity index is 2.04. The number of likely N-dealkylation sites (tertiary alicyclic amines) is 1. The van der Waals surface area contributed by atoms with Crippen LogP contribution in [-0.2, 0) is 4.79 Å². The molecular weight excluding hydrogens is 262 g/mol. The van der Waals surface area contributed by atoms with E-state index in [-0.39, 0.29) is 17.4 Å². The van der Waals surface area contributed by atoms with Gasteiger partial charge in [-0.3, -0.25) is 4.79 Å². The number of hydrogen-bond donors (Lipinski definition) is 0. The Labute approximate surface area is 128 Å². The molecule has 21 heavy (non-hydrogen) atoms. The van der Waals surface area contributed by atoms with Crippen LogP contribution in [0.5, 0.6) is 5.75 Å². The molecule has 0 bridgehead atoms. The van der Waals surface area contributed by atoms with Gasteiger partial charge in [0.25, 0.3) is 5.91 Å². The Morgan fingerprint density at radius 1 is 1.43 bits per heavy atom. The van der Waals surface area contributed by atoms with Crippen LogP contribution < -0.4 is 4.74 Å². The van der Waals surface area contributed by atoms with Gasteiger partial charge in [-0.1, -0.05) is 32.9 Å². The fourth-order valence-electron chi connectivity index (χ4n) is 2.98. The Morgan fingerprint density at radius 2 is 2.19 bits per heavy atom. The van der Waals surface area contributed by atoms with Crippen molar-refractivity contribution in [1.82, 2.24) is 4.90 Å². The van der Waals surface area contributed by atoms with Gasteiger partial charge in [-0.15, -0.1) is 0 Å². The van der Waals surface area contributed by atoms with Gasteiger partial charge in [0.2, 0.25) is 0 Å². The molecule has 0 N–H and O–H groups in total. The van der Waals surface area contributed by atoms with Crippen LogP contribution in [0, 0.1) is 12.3 Å². The minimum absolute atomic E-state index is 0.131. The molecule has 1 aliphatic heterocycles. The van der Waals surface area contributed by atoms with E-state index < -0.39 is 0 Å². The van der Waals surface area contributed by atoms with Crippen LogP contribution in [0.3, 0.4) is 0 Å². The molecule has 3 heteroatoms. The normalized spacial score (nSPS) is 19.1. The molecule has 116 valence electrons. The summed E-state index contributed by atoms with van der Waals surface area (Å²) in [6.07, 6.45) is 2.59. The van der Waals surface area contributed by atoms with Crippen LogP contribution in [0.4, 0.5) is 0 Å². The van der Waals surface area contributed by atoms with E-state index in [0.717, 1.165) is 30.8 Å². The molecule has 1 aromatic rings. The fourth-order valence-corrected chi connectivity index (χ4v) is 2.98. The summed E-state index contributed by atoms with van der Waals surface area (Å²) in [6, 6.07) is 7.90. The largest absolute Gasteiger partial charge is 0.481 e. The Kier molecular flexibility index (Phi) is 4.92. The molecule has 0 spiro atoms. The van der Waals surface area contributed by atoms with Crippen LogP contribution in [0.1, 0.15) is 45.6 Å². The molecule has 1 fully saturated rings. The number of hydrogen-bond acceptors (Lipinski definition) is 2. The summed E-state index contributed by atoms with van der Waals surface area (Å²) < 4.78 is 5.94. The highest BCUT2D eigenvalue weighted by Crippen LogP contribution is 2.29. The summed E-state index contributed by atoms with van der Waals surface area (Å²) >= 11 is 0. The van der Waals surface area contributed by atoms with E-state index in [1.165, 1.54) is 6.42 Å². The zero-order valence-corrected chi connectivity index (χ0v) is 13.7. The van der Waals surface area contributed by atoms with Gasteiger partial charge in [0.05, 0.1) is 0 Å². The Morgan fingerprint density at radius 3 is 2.81 bits per heavy atom. The number of aryl methyl sites for hydroxylation is 1. The topological polar surface area (TPSA) is 29.5 Å². The first-order valence-corrected chi connectivity index (χ1v) is 7.93. The van der Waals surface area contributed by atoms with E-state index in [0.29, 0.717) is 6.42 Å². The predicted molar refractivity (Wildman–Crippen MR) is 85.5 cm³/mol. The van der Waals surface area contributed by atoms with Gasteiger partial charge in [-0.25, -0.2) is 0 Å². The van der Waals surface area contributed by atoms with Gasteiger partial charge >= 0.3 is 0 Å². The van der Waals surface area contributed by atoms with Crippen molar-refractivity contribution in [3.8, 4) is 5.75 Å². The molecule has 1 aliphatic rings. The number of piperidine rings is 1. The molecular formula is C18H27NO2. The van der Waals surface area contributed by atoms with E-state index in [1.54, 1.807) is 0 Å². The van der Waals surface area contributed by atoms with Crippen molar-refractivity contribution in [1.29, 1.82) is 0 Å². The predicted octanol–water partition coefficient (Wildman–Crippen LogP) is 3.80. The van der Waals surface area contributed by atoms with Crippen molar-refractivity contribution in [2.75, 3.05) is 13.1 Å². The lowest BCUT2D eigenvalue weighted by Crippen LogP contribution is -2.48. The third-order valence-corrected chi connectivity index (χ3v) is 4.13. The van der Waals surface area contributed by atoms with Gasteiger partial charge in [-0.05, 0) is 49.3 Å². The van der Waals surface area contributed by atoms with Crippen molar-refractivity contribution in [3.05, 3.63) is 29.8 Å². The number of nitrogens with zero attached hydrogens (tertiary/aromatic N) is 1. The maximum absolute atomic E-state index is 12.7. The minimum atomic E-state index is -0.374. The molecule has 1 heterocycles. The molecule has 2 rings (SSSR count). The summed E-state index contributed by atoms with van der Waals surface area (Å²) in [5, 5.41) is 0. The van der Waals surface area contributed by atoms with Crippen LogP contribution in [-0.4, -0.2) is 30.0 Å². The highest BCUT2D eigenvalue weighted by atomic mass is 16.5. The zero-order valence-electron chi connectivity index (χ0n) is 13.7. The molecule has 1 amide bonds. The monoisotopic (exact) mass is 289 g/mol. The number of ether oxygens (including phenoxy) is 1. The SMILES string of the molecule is CCC(Oc1cccc(C)c1)C(=O)N1CCCC(C)(C)C1. The van der Waals surface area contributed by atoms with Crippen LogP contribution >= 0.6 is 0 Å². The smallest absolute Gasteiger partial charge is 0.263 e. The van der Waals surface area contributed by atoms with Gasteiger partial charge in [0, 0.05) is 13.1 Å². The molecule has 0 saturated carbocycles. The van der Waals surface area contributed by atoms with E-state index in [4.69, 9.17) is 4.74 Å².